The first-order chi connectivity index (χ1) is 7.65. The number of rotatable bonds is 6. The molecule has 3 heteroatoms. The van der Waals surface area contributed by atoms with Crippen LogP contribution in [0.2, 0.25) is 0 Å². The maximum absolute atomic E-state index is 9.62. The van der Waals surface area contributed by atoms with Gasteiger partial charge in [0, 0.05) is 13.2 Å². The van der Waals surface area contributed by atoms with Crippen LogP contribution in [0.15, 0.2) is 12.1 Å². The maximum atomic E-state index is 9.62. The minimum Gasteiger partial charge on any atom is -0.507 e. The molecule has 0 fully saturated rings. The van der Waals surface area contributed by atoms with Crippen molar-refractivity contribution in [2.45, 2.75) is 33.2 Å². The van der Waals surface area contributed by atoms with Crippen LogP contribution in [0.4, 0.5) is 0 Å². The Kier molecular flexibility index (Phi) is 5.29. The minimum atomic E-state index is 0.263. The second-order valence-electron chi connectivity index (χ2n) is 4.19. The van der Waals surface area contributed by atoms with E-state index in [1.807, 2.05) is 26.0 Å². The van der Waals surface area contributed by atoms with Crippen molar-refractivity contribution in [2.75, 3.05) is 13.2 Å². The number of aliphatic hydroxyl groups is 1. The fourth-order valence-corrected chi connectivity index (χ4v) is 1.74. The molecule has 0 aliphatic carbocycles. The quantitative estimate of drug-likeness (QED) is 0.645. The first kappa shape index (κ1) is 13.0. The van der Waals surface area contributed by atoms with Gasteiger partial charge in [-0.1, -0.05) is 12.1 Å². The number of phenols is 1. The molecule has 0 spiro atoms. The van der Waals surface area contributed by atoms with Crippen LogP contribution in [0.25, 0.3) is 0 Å². The third-order valence-electron chi connectivity index (χ3n) is 2.64. The van der Waals surface area contributed by atoms with Crippen molar-refractivity contribution in [3.8, 4) is 5.75 Å². The molecule has 3 nitrogen and oxygen atoms in total. The summed E-state index contributed by atoms with van der Waals surface area (Å²) >= 11 is 0. The van der Waals surface area contributed by atoms with Gasteiger partial charge in [0.15, 0.2) is 0 Å². The van der Waals surface area contributed by atoms with E-state index in [0.29, 0.717) is 5.75 Å². The van der Waals surface area contributed by atoms with Gasteiger partial charge in [0.05, 0.1) is 0 Å². The molecule has 16 heavy (non-hydrogen) atoms. The zero-order valence-corrected chi connectivity index (χ0v) is 10.1. The van der Waals surface area contributed by atoms with Crippen LogP contribution in [-0.4, -0.2) is 23.4 Å². The molecule has 0 saturated heterocycles. The Morgan fingerprint density at radius 3 is 2.31 bits per heavy atom. The molecule has 0 amide bonds. The van der Waals surface area contributed by atoms with Crippen molar-refractivity contribution in [3.05, 3.63) is 28.8 Å². The summed E-state index contributed by atoms with van der Waals surface area (Å²) in [6.07, 6.45) is 1.84. The lowest BCUT2D eigenvalue weighted by molar-refractivity contribution is 0.283. The predicted molar refractivity (Wildman–Crippen MR) is 65.6 cm³/mol. The van der Waals surface area contributed by atoms with E-state index in [4.69, 9.17) is 5.11 Å². The summed E-state index contributed by atoms with van der Waals surface area (Å²) in [5.74, 6) is 0.393. The highest BCUT2D eigenvalue weighted by atomic mass is 16.3. The summed E-state index contributed by atoms with van der Waals surface area (Å²) in [5.41, 5.74) is 3.04. The fourth-order valence-electron chi connectivity index (χ4n) is 1.74. The Hall–Kier alpha value is -1.06. The van der Waals surface area contributed by atoms with Crippen LogP contribution in [-0.2, 0) is 6.54 Å². The molecule has 1 rings (SSSR count). The third-order valence-corrected chi connectivity index (χ3v) is 2.64. The van der Waals surface area contributed by atoms with E-state index in [9.17, 15) is 5.11 Å². The van der Waals surface area contributed by atoms with E-state index < -0.39 is 0 Å². The smallest absolute Gasteiger partial charge is 0.121 e. The van der Waals surface area contributed by atoms with E-state index in [1.165, 1.54) is 5.56 Å². The molecule has 0 unspecified atom stereocenters. The van der Waals surface area contributed by atoms with Crippen LogP contribution in [0, 0.1) is 13.8 Å². The predicted octanol–water partition coefficient (Wildman–Crippen LogP) is 1.87. The summed E-state index contributed by atoms with van der Waals surface area (Å²) in [5, 5.41) is 21.6. The lowest BCUT2D eigenvalue weighted by atomic mass is 10.1. The zero-order valence-electron chi connectivity index (χ0n) is 10.1. The van der Waals surface area contributed by atoms with Gasteiger partial charge in [-0.15, -0.1) is 0 Å². The van der Waals surface area contributed by atoms with Gasteiger partial charge >= 0.3 is 0 Å². The summed E-state index contributed by atoms with van der Waals surface area (Å²) in [6.45, 7) is 5.82. The van der Waals surface area contributed by atoms with Gasteiger partial charge in [-0.3, -0.25) is 0 Å². The maximum Gasteiger partial charge on any atom is 0.121 e. The molecule has 90 valence electrons. The van der Waals surface area contributed by atoms with E-state index in [0.717, 1.165) is 37.1 Å². The van der Waals surface area contributed by atoms with E-state index in [1.54, 1.807) is 0 Å². The second-order valence-corrected chi connectivity index (χ2v) is 4.19. The molecule has 0 heterocycles. The largest absolute Gasteiger partial charge is 0.507 e. The third kappa shape index (κ3) is 3.83. The van der Waals surface area contributed by atoms with Crippen molar-refractivity contribution < 1.29 is 10.2 Å². The molecule has 1 aromatic carbocycles. The highest BCUT2D eigenvalue weighted by Gasteiger charge is 2.02. The molecule has 3 N–H and O–H groups in total. The Balaban J connectivity index is 2.43. The number of aromatic hydroxyl groups is 1. The zero-order chi connectivity index (χ0) is 12.0. The Morgan fingerprint density at radius 2 is 1.75 bits per heavy atom. The number of phenolic OH excluding ortho intramolecular Hbond substituents is 1. The van der Waals surface area contributed by atoms with Gasteiger partial charge in [-0.2, -0.15) is 0 Å². The van der Waals surface area contributed by atoms with E-state index in [2.05, 4.69) is 5.32 Å². The molecule has 0 saturated carbocycles. The molecule has 1 aromatic rings. The number of nitrogens with one attached hydrogen (secondary N) is 1. The molecular weight excluding hydrogens is 202 g/mol. The fraction of sp³-hybridized carbons (Fsp3) is 0.538. The summed E-state index contributed by atoms with van der Waals surface area (Å²) in [6, 6.07) is 4.00. The van der Waals surface area contributed by atoms with Crippen LogP contribution < -0.4 is 5.32 Å². The van der Waals surface area contributed by atoms with Crippen LogP contribution in [0.3, 0.4) is 0 Å². The highest BCUT2D eigenvalue weighted by molar-refractivity contribution is 5.42. The average molecular weight is 223 g/mol. The van der Waals surface area contributed by atoms with Gasteiger partial charge in [-0.25, -0.2) is 0 Å². The normalized spacial score (nSPS) is 10.7. The number of hydrogen-bond acceptors (Lipinski definition) is 3. The van der Waals surface area contributed by atoms with E-state index in [-0.39, 0.29) is 6.61 Å². The number of aliphatic hydroxyl groups excluding tert-OH is 1. The van der Waals surface area contributed by atoms with Crippen LogP contribution in [0.5, 0.6) is 5.75 Å². The molecule has 0 bridgehead atoms. The Bertz CT molecular complexity index is 314. The molecule has 0 aromatic heterocycles. The summed E-state index contributed by atoms with van der Waals surface area (Å²) in [7, 11) is 0. The minimum absolute atomic E-state index is 0.263. The number of hydrogen-bond donors (Lipinski definition) is 3. The Morgan fingerprint density at radius 1 is 1.12 bits per heavy atom. The van der Waals surface area contributed by atoms with Crippen molar-refractivity contribution in [2.24, 2.45) is 0 Å². The summed E-state index contributed by atoms with van der Waals surface area (Å²) in [4.78, 5) is 0. The van der Waals surface area contributed by atoms with Crippen molar-refractivity contribution in [1.29, 1.82) is 0 Å². The van der Waals surface area contributed by atoms with Gasteiger partial charge in [0.1, 0.15) is 5.75 Å². The molecule has 0 aliphatic heterocycles. The molecular formula is C13H21NO2. The van der Waals surface area contributed by atoms with Gasteiger partial charge in [0.25, 0.3) is 0 Å². The van der Waals surface area contributed by atoms with Crippen molar-refractivity contribution in [3.63, 3.8) is 0 Å². The average Bonchev–Trinajstić information content (AvgIpc) is 2.25. The van der Waals surface area contributed by atoms with Crippen molar-refractivity contribution in [1.82, 2.24) is 5.32 Å². The molecule has 0 radical (unpaired) electrons. The second kappa shape index (κ2) is 6.51. The molecule has 0 aliphatic rings. The number of aryl methyl sites for hydroxylation is 2. The van der Waals surface area contributed by atoms with Crippen LogP contribution >= 0.6 is 0 Å². The topological polar surface area (TPSA) is 52.5 Å². The SMILES string of the molecule is Cc1cc(CNCCCCO)cc(C)c1O. The van der Waals surface area contributed by atoms with Gasteiger partial charge < -0.3 is 15.5 Å². The van der Waals surface area contributed by atoms with Crippen LogP contribution in [0.1, 0.15) is 29.5 Å². The van der Waals surface area contributed by atoms with E-state index >= 15 is 0 Å². The molecule has 0 atom stereocenters. The van der Waals surface area contributed by atoms with Crippen molar-refractivity contribution >= 4 is 0 Å². The monoisotopic (exact) mass is 223 g/mol. The lowest BCUT2D eigenvalue weighted by Gasteiger charge is -2.09. The first-order valence-electron chi connectivity index (χ1n) is 5.76. The summed E-state index contributed by atoms with van der Waals surface area (Å²) < 4.78 is 0. The standard InChI is InChI=1S/C13H21NO2/c1-10-7-12(8-11(2)13(10)16)9-14-5-3-4-6-15/h7-8,14-16H,3-6,9H2,1-2H3. The van der Waals surface area contributed by atoms with Gasteiger partial charge in [0.2, 0.25) is 0 Å². The highest BCUT2D eigenvalue weighted by Crippen LogP contribution is 2.22. The number of benzene rings is 1. The number of unbranched alkanes of at least 4 members (excludes halogenated alkanes) is 1. The Labute approximate surface area is 97.1 Å². The first-order valence-corrected chi connectivity index (χ1v) is 5.76. The van der Waals surface area contributed by atoms with Gasteiger partial charge in [-0.05, 0) is 49.9 Å². The lowest BCUT2D eigenvalue weighted by Crippen LogP contribution is -2.15.